The van der Waals surface area contributed by atoms with Crippen LogP contribution in [0.2, 0.25) is 10.0 Å². The minimum Gasteiger partial charge on any atom is -0.471 e. The summed E-state index contributed by atoms with van der Waals surface area (Å²) in [5, 5.41) is 12.9. The lowest BCUT2D eigenvalue weighted by Gasteiger charge is -2.34. The van der Waals surface area contributed by atoms with Gasteiger partial charge in [0, 0.05) is 60.3 Å². The van der Waals surface area contributed by atoms with Crippen molar-refractivity contribution in [2.24, 2.45) is 5.73 Å². The Labute approximate surface area is 206 Å². The highest BCUT2D eigenvalue weighted by Gasteiger charge is 2.45. The maximum absolute atomic E-state index is 6.25. The van der Waals surface area contributed by atoms with E-state index >= 15 is 0 Å². The normalized spacial score (nSPS) is 17.8. The van der Waals surface area contributed by atoms with Gasteiger partial charge in [-0.2, -0.15) is 5.10 Å². The number of ether oxygens (including phenoxy) is 1. The fraction of sp³-hybridized carbons (Fsp3) is 0.292. The molecule has 4 N–H and O–H groups in total. The molecule has 4 aromatic rings. The van der Waals surface area contributed by atoms with Crippen LogP contribution in [0, 0.1) is 0 Å². The minimum atomic E-state index is -0.842. The maximum Gasteiger partial charge on any atom is 0.177 e. The Bertz CT molecular complexity index is 1330. The Morgan fingerprint density at radius 1 is 1.09 bits per heavy atom. The number of halogens is 2. The molecule has 3 aromatic heterocycles. The average Bonchev–Trinajstić information content (AvgIpc) is 3.44. The molecule has 174 valence electrons. The third kappa shape index (κ3) is 3.96. The molecule has 1 saturated heterocycles. The number of fused-ring (bicyclic) bond motifs is 1. The molecule has 6 rings (SSSR count). The molecule has 1 aromatic carbocycles. The lowest BCUT2D eigenvalue weighted by molar-refractivity contribution is 0.214. The quantitative estimate of drug-likeness (QED) is 0.354. The predicted molar refractivity (Wildman–Crippen MR) is 133 cm³/mol. The van der Waals surface area contributed by atoms with Crippen LogP contribution in [0.25, 0.3) is 22.2 Å². The van der Waals surface area contributed by atoms with Gasteiger partial charge in [-0.15, -0.1) is 0 Å². The largest absolute Gasteiger partial charge is 0.471 e. The Hall–Kier alpha value is -2.91. The summed E-state index contributed by atoms with van der Waals surface area (Å²) < 4.78 is 5.97. The molecule has 0 unspecified atom stereocenters. The van der Waals surface area contributed by atoms with Crippen molar-refractivity contribution in [1.29, 1.82) is 0 Å². The van der Waals surface area contributed by atoms with Gasteiger partial charge in [0.05, 0.1) is 15.6 Å². The van der Waals surface area contributed by atoms with Crippen molar-refractivity contribution >= 4 is 39.9 Å². The molecular weight excluding hydrogens is 473 g/mol. The van der Waals surface area contributed by atoms with E-state index in [4.69, 9.17) is 38.7 Å². The molecule has 10 heteroatoms. The third-order valence-corrected chi connectivity index (χ3v) is 7.15. The molecule has 1 spiro atoms. The lowest BCUT2D eigenvalue weighted by Crippen LogP contribution is -2.52. The summed E-state index contributed by atoms with van der Waals surface area (Å²) in [5.74, 6) is 1.57. The Kier molecular flexibility index (Phi) is 5.33. The number of rotatable bonds is 5. The number of nitrogens with two attached hydrogens (primary N) is 1. The number of benzene rings is 1. The summed E-state index contributed by atoms with van der Waals surface area (Å²) in [4.78, 5) is 11.1. The Morgan fingerprint density at radius 2 is 1.91 bits per heavy atom. The second-order valence-corrected chi connectivity index (χ2v) is 9.68. The van der Waals surface area contributed by atoms with Crippen molar-refractivity contribution in [1.82, 2.24) is 25.5 Å². The van der Waals surface area contributed by atoms with Crippen LogP contribution in [0.3, 0.4) is 0 Å². The first-order chi connectivity index (χ1) is 16.5. The lowest BCUT2D eigenvalue weighted by atomic mass is 10.1. The number of aromatic nitrogens is 4. The molecule has 4 heterocycles. The summed E-state index contributed by atoms with van der Waals surface area (Å²) in [6.45, 7) is 2.97. The van der Waals surface area contributed by atoms with Gasteiger partial charge >= 0.3 is 0 Å². The van der Waals surface area contributed by atoms with Gasteiger partial charge in [0.1, 0.15) is 17.3 Å². The molecule has 2 fully saturated rings. The van der Waals surface area contributed by atoms with E-state index in [-0.39, 0.29) is 0 Å². The Morgan fingerprint density at radius 3 is 2.65 bits per heavy atom. The number of anilines is 1. The van der Waals surface area contributed by atoms with Gasteiger partial charge in [0.25, 0.3) is 0 Å². The third-order valence-electron chi connectivity index (χ3n) is 6.55. The summed E-state index contributed by atoms with van der Waals surface area (Å²) >= 11 is 12.5. The molecule has 8 nitrogen and oxygen atoms in total. The van der Waals surface area contributed by atoms with E-state index in [2.05, 4.69) is 37.5 Å². The number of pyridine rings is 2. The minimum absolute atomic E-state index is 0.305. The Balaban J connectivity index is 1.25. The van der Waals surface area contributed by atoms with Crippen molar-refractivity contribution < 1.29 is 4.74 Å². The molecule has 1 atom stereocenters. The molecule has 1 aliphatic heterocycles. The van der Waals surface area contributed by atoms with E-state index in [1.165, 1.54) is 25.2 Å². The van der Waals surface area contributed by atoms with Crippen LogP contribution in [0.15, 0.2) is 48.9 Å². The van der Waals surface area contributed by atoms with E-state index in [0.717, 1.165) is 47.6 Å². The molecule has 2 aliphatic rings. The SMILES string of the molecule is N[C@@H](Oc1ccc2[nH]nc(-c3ccc(N4CCNC5(CC5)C4)nc3)c2c1)c1c(Cl)cncc1Cl. The first-order valence-corrected chi connectivity index (χ1v) is 11.9. The van der Waals surface area contributed by atoms with Crippen LogP contribution in [0.1, 0.15) is 24.6 Å². The molecule has 0 radical (unpaired) electrons. The molecular formula is C24H23Cl2N7O. The zero-order valence-corrected chi connectivity index (χ0v) is 19.8. The van der Waals surface area contributed by atoms with Crippen LogP contribution in [-0.2, 0) is 0 Å². The van der Waals surface area contributed by atoms with Gasteiger partial charge in [-0.1, -0.05) is 23.2 Å². The molecule has 34 heavy (non-hydrogen) atoms. The summed E-state index contributed by atoms with van der Waals surface area (Å²) in [6.07, 6.45) is 6.51. The maximum atomic E-state index is 6.25. The van der Waals surface area contributed by atoms with Crippen molar-refractivity contribution in [3.8, 4) is 17.0 Å². The van der Waals surface area contributed by atoms with E-state index < -0.39 is 6.23 Å². The number of H-pyrrole nitrogens is 1. The summed E-state index contributed by atoms with van der Waals surface area (Å²) in [7, 11) is 0. The predicted octanol–water partition coefficient (Wildman–Crippen LogP) is 4.31. The first kappa shape index (κ1) is 21.6. The first-order valence-electron chi connectivity index (χ1n) is 11.2. The zero-order valence-electron chi connectivity index (χ0n) is 18.3. The highest BCUT2D eigenvalue weighted by Crippen LogP contribution is 2.39. The number of hydrogen-bond donors (Lipinski definition) is 3. The van der Waals surface area contributed by atoms with Crippen LogP contribution in [0.5, 0.6) is 5.75 Å². The fourth-order valence-electron chi connectivity index (χ4n) is 4.54. The van der Waals surface area contributed by atoms with Crippen molar-refractivity contribution in [3.05, 3.63) is 64.5 Å². The summed E-state index contributed by atoms with van der Waals surface area (Å²) in [5.41, 5.74) is 9.65. The number of nitrogens with one attached hydrogen (secondary N) is 2. The van der Waals surface area contributed by atoms with E-state index in [0.29, 0.717) is 26.9 Å². The van der Waals surface area contributed by atoms with Gasteiger partial charge in [0.15, 0.2) is 6.23 Å². The van der Waals surface area contributed by atoms with Crippen molar-refractivity contribution in [2.45, 2.75) is 24.6 Å². The fourth-order valence-corrected chi connectivity index (χ4v) is 5.12. The van der Waals surface area contributed by atoms with Crippen LogP contribution in [-0.4, -0.2) is 45.3 Å². The van der Waals surface area contributed by atoms with E-state index in [1.54, 1.807) is 0 Å². The van der Waals surface area contributed by atoms with Gasteiger partial charge in [-0.25, -0.2) is 4.98 Å². The zero-order chi connectivity index (χ0) is 23.3. The highest BCUT2D eigenvalue weighted by molar-refractivity contribution is 6.35. The monoisotopic (exact) mass is 495 g/mol. The molecule has 1 aliphatic carbocycles. The molecule has 1 saturated carbocycles. The van der Waals surface area contributed by atoms with Gasteiger partial charge < -0.3 is 15.0 Å². The standard InChI is InChI=1S/C24H23Cl2N7O/c25-17-11-28-12-18(26)21(17)23(27)34-15-2-3-19-16(9-15)22(32-31-19)14-1-4-20(29-10-14)33-8-7-30-24(13-33)5-6-24/h1-4,9-12,23,30H,5-8,13,27H2,(H,31,32)/t23-/m0/s1. The van der Waals surface area contributed by atoms with E-state index in [9.17, 15) is 0 Å². The number of nitrogens with zero attached hydrogens (tertiary/aromatic N) is 4. The van der Waals surface area contributed by atoms with Gasteiger partial charge in [0.2, 0.25) is 0 Å². The molecule has 0 amide bonds. The molecule has 0 bridgehead atoms. The summed E-state index contributed by atoms with van der Waals surface area (Å²) in [6, 6.07) is 9.77. The van der Waals surface area contributed by atoms with Gasteiger partial charge in [-0.3, -0.25) is 15.8 Å². The number of piperazine rings is 1. The second kappa shape index (κ2) is 8.39. The van der Waals surface area contributed by atoms with Crippen molar-refractivity contribution in [2.75, 3.05) is 24.5 Å². The number of hydrogen-bond acceptors (Lipinski definition) is 7. The number of aromatic amines is 1. The average molecular weight is 496 g/mol. The smallest absolute Gasteiger partial charge is 0.177 e. The van der Waals surface area contributed by atoms with Crippen molar-refractivity contribution in [3.63, 3.8) is 0 Å². The second-order valence-electron chi connectivity index (χ2n) is 8.87. The van der Waals surface area contributed by atoms with Gasteiger partial charge in [-0.05, 0) is 43.2 Å². The van der Waals surface area contributed by atoms with Crippen LogP contribution < -0.4 is 20.7 Å². The topological polar surface area (TPSA) is 105 Å². The van der Waals surface area contributed by atoms with E-state index in [1.807, 2.05) is 24.4 Å². The van der Waals surface area contributed by atoms with Crippen LogP contribution in [0.4, 0.5) is 5.82 Å². The van der Waals surface area contributed by atoms with Crippen LogP contribution >= 0.6 is 23.2 Å². The highest BCUT2D eigenvalue weighted by atomic mass is 35.5.